The molecule has 4 nitrogen and oxygen atoms in total. The summed E-state index contributed by atoms with van der Waals surface area (Å²) in [5, 5.41) is 11.9. The van der Waals surface area contributed by atoms with E-state index in [0.717, 1.165) is 4.34 Å². The zero-order valence-electron chi connectivity index (χ0n) is 9.70. The standard InChI is InChI=1S/C13H9NO3S2/c15-12(16)11-8-3-1-2-4-9(8)17-10(11)7-19-13-14-5-6-18-13/h1-6H,7H2,(H,15,16). The number of aromatic carboxylic acids is 1. The van der Waals surface area contributed by atoms with Crippen molar-refractivity contribution in [3.05, 3.63) is 47.2 Å². The summed E-state index contributed by atoms with van der Waals surface area (Å²) in [6.07, 6.45) is 1.73. The van der Waals surface area contributed by atoms with Crippen LogP contribution in [-0.4, -0.2) is 16.1 Å². The Balaban J connectivity index is 1.98. The molecule has 6 heteroatoms. The van der Waals surface area contributed by atoms with Crippen molar-refractivity contribution >= 4 is 40.0 Å². The Morgan fingerprint density at radius 1 is 1.42 bits per heavy atom. The molecule has 3 aromatic rings. The fourth-order valence-electron chi connectivity index (χ4n) is 1.84. The third kappa shape index (κ3) is 2.36. The molecule has 0 bridgehead atoms. The van der Waals surface area contributed by atoms with Gasteiger partial charge in [0.05, 0.1) is 5.75 Å². The molecule has 19 heavy (non-hydrogen) atoms. The maximum absolute atomic E-state index is 11.4. The summed E-state index contributed by atoms with van der Waals surface area (Å²) in [7, 11) is 0. The number of thioether (sulfide) groups is 1. The summed E-state index contributed by atoms with van der Waals surface area (Å²) in [5.41, 5.74) is 0.856. The predicted molar refractivity (Wildman–Crippen MR) is 74.8 cm³/mol. The Labute approximate surface area is 117 Å². The molecule has 0 amide bonds. The summed E-state index contributed by atoms with van der Waals surface area (Å²) in [6.45, 7) is 0. The van der Waals surface area contributed by atoms with Crippen molar-refractivity contribution < 1.29 is 14.3 Å². The van der Waals surface area contributed by atoms with Crippen LogP contribution in [-0.2, 0) is 5.75 Å². The molecule has 0 saturated heterocycles. The van der Waals surface area contributed by atoms with E-state index in [1.54, 1.807) is 18.3 Å². The number of thiazole rings is 1. The number of furan rings is 1. The molecule has 1 aromatic carbocycles. The highest BCUT2D eigenvalue weighted by molar-refractivity contribution is 8.00. The number of hydrogen-bond acceptors (Lipinski definition) is 5. The van der Waals surface area contributed by atoms with Gasteiger partial charge in [0.2, 0.25) is 0 Å². The lowest BCUT2D eigenvalue weighted by molar-refractivity contribution is 0.0697. The van der Waals surface area contributed by atoms with E-state index in [-0.39, 0.29) is 5.56 Å². The van der Waals surface area contributed by atoms with Crippen LogP contribution in [0.15, 0.2) is 44.6 Å². The smallest absolute Gasteiger partial charge is 0.339 e. The van der Waals surface area contributed by atoms with E-state index in [9.17, 15) is 9.90 Å². The number of fused-ring (bicyclic) bond motifs is 1. The Morgan fingerprint density at radius 2 is 2.26 bits per heavy atom. The highest BCUT2D eigenvalue weighted by Crippen LogP contribution is 2.31. The molecule has 2 aromatic heterocycles. The molecule has 0 fully saturated rings. The van der Waals surface area contributed by atoms with Crippen LogP contribution < -0.4 is 0 Å². The van der Waals surface area contributed by atoms with Gasteiger partial charge in [0.15, 0.2) is 0 Å². The zero-order valence-corrected chi connectivity index (χ0v) is 11.3. The number of para-hydroxylation sites is 1. The minimum absolute atomic E-state index is 0.250. The molecule has 0 aliphatic carbocycles. The Bertz CT molecular complexity index is 719. The summed E-state index contributed by atoms with van der Waals surface area (Å²) >= 11 is 3.00. The van der Waals surface area contributed by atoms with Crippen molar-refractivity contribution in [2.45, 2.75) is 10.1 Å². The van der Waals surface area contributed by atoms with Crippen molar-refractivity contribution in [2.75, 3.05) is 0 Å². The lowest BCUT2D eigenvalue weighted by Crippen LogP contribution is -1.98. The van der Waals surface area contributed by atoms with Gasteiger partial charge < -0.3 is 9.52 Å². The minimum atomic E-state index is -0.959. The predicted octanol–water partition coefficient (Wildman–Crippen LogP) is 3.88. The van der Waals surface area contributed by atoms with Gasteiger partial charge in [0, 0.05) is 17.0 Å². The first-order valence-corrected chi connectivity index (χ1v) is 7.38. The van der Waals surface area contributed by atoms with E-state index in [1.807, 2.05) is 17.5 Å². The van der Waals surface area contributed by atoms with Crippen LogP contribution in [0.5, 0.6) is 0 Å². The maximum atomic E-state index is 11.4. The number of rotatable bonds is 4. The third-order valence-corrected chi connectivity index (χ3v) is 4.58. The highest BCUT2D eigenvalue weighted by atomic mass is 32.2. The van der Waals surface area contributed by atoms with Crippen LogP contribution in [0.4, 0.5) is 0 Å². The van der Waals surface area contributed by atoms with Gasteiger partial charge in [0.25, 0.3) is 0 Å². The molecule has 2 heterocycles. The molecule has 0 spiro atoms. The van der Waals surface area contributed by atoms with Gasteiger partial charge in [-0.15, -0.1) is 11.3 Å². The average molecular weight is 291 g/mol. The van der Waals surface area contributed by atoms with Crippen LogP contribution in [0.3, 0.4) is 0 Å². The molecule has 3 rings (SSSR count). The molecule has 96 valence electrons. The van der Waals surface area contributed by atoms with E-state index in [0.29, 0.717) is 22.5 Å². The SMILES string of the molecule is O=C(O)c1c(CSc2nccs2)oc2ccccc12. The number of carbonyl (C=O) groups is 1. The quantitative estimate of drug-likeness (QED) is 0.739. The first kappa shape index (κ1) is 12.3. The average Bonchev–Trinajstić information content (AvgIpc) is 3.03. The van der Waals surface area contributed by atoms with Gasteiger partial charge in [-0.25, -0.2) is 9.78 Å². The first-order chi connectivity index (χ1) is 9.25. The Hall–Kier alpha value is -1.79. The topological polar surface area (TPSA) is 63.3 Å². The summed E-state index contributed by atoms with van der Waals surface area (Å²) < 4.78 is 6.53. The lowest BCUT2D eigenvalue weighted by atomic mass is 10.1. The third-order valence-electron chi connectivity index (χ3n) is 2.62. The second-order valence-electron chi connectivity index (χ2n) is 3.79. The van der Waals surface area contributed by atoms with Crippen LogP contribution >= 0.6 is 23.1 Å². The van der Waals surface area contributed by atoms with Gasteiger partial charge in [-0.1, -0.05) is 30.0 Å². The normalized spacial score (nSPS) is 10.9. The van der Waals surface area contributed by atoms with Crippen LogP contribution in [0.25, 0.3) is 11.0 Å². The second-order valence-corrected chi connectivity index (χ2v) is 5.91. The minimum Gasteiger partial charge on any atom is -0.478 e. The van der Waals surface area contributed by atoms with Gasteiger partial charge in [0.1, 0.15) is 21.2 Å². The van der Waals surface area contributed by atoms with Crippen LogP contribution in [0, 0.1) is 0 Å². The van der Waals surface area contributed by atoms with Crippen molar-refractivity contribution in [1.29, 1.82) is 0 Å². The molecule has 1 N–H and O–H groups in total. The number of aromatic nitrogens is 1. The molecule has 0 aliphatic rings. The van der Waals surface area contributed by atoms with Crippen molar-refractivity contribution in [1.82, 2.24) is 4.98 Å². The number of carboxylic acid groups (broad SMARTS) is 1. The summed E-state index contributed by atoms with van der Waals surface area (Å²) in [4.78, 5) is 15.5. The molecular weight excluding hydrogens is 282 g/mol. The van der Waals surface area contributed by atoms with E-state index in [2.05, 4.69) is 4.98 Å². The summed E-state index contributed by atoms with van der Waals surface area (Å²) in [6, 6.07) is 7.18. The van der Waals surface area contributed by atoms with E-state index < -0.39 is 5.97 Å². The number of benzene rings is 1. The monoisotopic (exact) mass is 291 g/mol. The molecule has 0 saturated carbocycles. The van der Waals surface area contributed by atoms with Crippen LogP contribution in [0.1, 0.15) is 16.1 Å². The molecular formula is C13H9NO3S2. The second kappa shape index (κ2) is 5.07. The van der Waals surface area contributed by atoms with E-state index in [1.165, 1.54) is 23.1 Å². The number of carboxylic acids is 1. The van der Waals surface area contributed by atoms with Gasteiger partial charge in [-0.2, -0.15) is 0 Å². The van der Waals surface area contributed by atoms with Crippen molar-refractivity contribution in [3.63, 3.8) is 0 Å². The largest absolute Gasteiger partial charge is 0.478 e. The van der Waals surface area contributed by atoms with E-state index in [4.69, 9.17) is 4.42 Å². The fraction of sp³-hybridized carbons (Fsp3) is 0.0769. The molecule has 0 unspecified atom stereocenters. The number of nitrogens with zero attached hydrogens (tertiary/aromatic N) is 1. The van der Waals surface area contributed by atoms with E-state index >= 15 is 0 Å². The maximum Gasteiger partial charge on any atom is 0.339 e. The molecule has 0 aliphatic heterocycles. The highest BCUT2D eigenvalue weighted by Gasteiger charge is 2.20. The summed E-state index contributed by atoms with van der Waals surface area (Å²) in [5.74, 6) is -0.0160. The van der Waals surface area contributed by atoms with Crippen LogP contribution in [0.2, 0.25) is 0 Å². The zero-order chi connectivity index (χ0) is 13.2. The van der Waals surface area contributed by atoms with Gasteiger partial charge in [-0.05, 0) is 6.07 Å². The lowest BCUT2D eigenvalue weighted by Gasteiger charge is -1.96. The Morgan fingerprint density at radius 3 is 3.00 bits per heavy atom. The first-order valence-electron chi connectivity index (χ1n) is 5.51. The number of hydrogen-bond donors (Lipinski definition) is 1. The van der Waals surface area contributed by atoms with Crippen molar-refractivity contribution in [3.8, 4) is 0 Å². The molecule has 0 atom stereocenters. The Kier molecular flexibility index (Phi) is 3.27. The fourth-order valence-corrected chi connectivity index (χ4v) is 3.41. The van der Waals surface area contributed by atoms with Crippen molar-refractivity contribution in [2.24, 2.45) is 0 Å². The molecule has 0 radical (unpaired) electrons. The van der Waals surface area contributed by atoms with Gasteiger partial charge >= 0.3 is 5.97 Å². The van der Waals surface area contributed by atoms with Gasteiger partial charge in [-0.3, -0.25) is 0 Å².